The average Bonchev–Trinajstić information content (AvgIpc) is 2.76. The van der Waals surface area contributed by atoms with Crippen LogP contribution in [-0.4, -0.2) is 27.2 Å². The lowest BCUT2D eigenvalue weighted by Gasteiger charge is -2.09. The fraction of sp³-hybridized carbons (Fsp3) is 0.182. The lowest BCUT2D eigenvalue weighted by atomic mass is 10.1. The molecule has 5 heteroatoms. The van der Waals surface area contributed by atoms with Gasteiger partial charge in [0.2, 0.25) is 0 Å². The number of amides is 1. The van der Waals surface area contributed by atoms with Crippen molar-refractivity contribution < 1.29 is 4.79 Å². The standard InChI is InChI=1S/C11H10N4O/c16-11-8-7-15(10-3-1-2-5-12-10)14-9(8)4-6-13-11/h1-3,5,7H,4,6H2,(H,13,16). The van der Waals surface area contributed by atoms with Gasteiger partial charge in [-0.15, -0.1) is 0 Å². The van der Waals surface area contributed by atoms with Gasteiger partial charge in [-0.2, -0.15) is 5.10 Å². The van der Waals surface area contributed by atoms with Crippen LogP contribution in [0.2, 0.25) is 0 Å². The molecule has 0 saturated heterocycles. The van der Waals surface area contributed by atoms with Crippen molar-refractivity contribution in [2.45, 2.75) is 6.42 Å². The number of hydrogen-bond donors (Lipinski definition) is 1. The van der Waals surface area contributed by atoms with Crippen LogP contribution in [0, 0.1) is 0 Å². The molecule has 0 atom stereocenters. The number of pyridine rings is 1. The van der Waals surface area contributed by atoms with Crippen LogP contribution < -0.4 is 5.32 Å². The Kier molecular flexibility index (Phi) is 1.96. The topological polar surface area (TPSA) is 59.8 Å². The molecule has 0 fully saturated rings. The number of aromatic nitrogens is 3. The summed E-state index contributed by atoms with van der Waals surface area (Å²) in [7, 11) is 0. The summed E-state index contributed by atoms with van der Waals surface area (Å²) in [5.74, 6) is 0.674. The Labute approximate surface area is 92.1 Å². The third kappa shape index (κ3) is 1.37. The van der Waals surface area contributed by atoms with Crippen molar-refractivity contribution in [3.63, 3.8) is 0 Å². The van der Waals surface area contributed by atoms with E-state index in [1.54, 1.807) is 17.1 Å². The molecule has 80 valence electrons. The van der Waals surface area contributed by atoms with Crippen molar-refractivity contribution >= 4 is 5.91 Å². The van der Waals surface area contributed by atoms with Crippen LogP contribution in [0.5, 0.6) is 0 Å². The minimum Gasteiger partial charge on any atom is -0.352 e. The summed E-state index contributed by atoms with van der Waals surface area (Å²) in [6.07, 6.45) is 4.21. The molecular weight excluding hydrogens is 204 g/mol. The van der Waals surface area contributed by atoms with Crippen LogP contribution in [0.15, 0.2) is 30.6 Å². The van der Waals surface area contributed by atoms with Crippen LogP contribution in [0.1, 0.15) is 16.1 Å². The van der Waals surface area contributed by atoms with Crippen molar-refractivity contribution in [3.05, 3.63) is 41.9 Å². The second-order valence-corrected chi connectivity index (χ2v) is 3.63. The van der Waals surface area contributed by atoms with Gasteiger partial charge in [-0.05, 0) is 12.1 Å². The number of nitrogens with zero attached hydrogens (tertiary/aromatic N) is 3. The quantitative estimate of drug-likeness (QED) is 0.754. The van der Waals surface area contributed by atoms with E-state index in [0.717, 1.165) is 17.9 Å². The Hall–Kier alpha value is -2.17. The van der Waals surface area contributed by atoms with E-state index in [9.17, 15) is 4.79 Å². The van der Waals surface area contributed by atoms with Gasteiger partial charge in [0, 0.05) is 25.4 Å². The van der Waals surface area contributed by atoms with E-state index in [0.29, 0.717) is 12.1 Å². The first-order valence-corrected chi connectivity index (χ1v) is 5.13. The van der Waals surface area contributed by atoms with E-state index in [2.05, 4.69) is 15.4 Å². The van der Waals surface area contributed by atoms with Gasteiger partial charge in [-0.1, -0.05) is 6.07 Å². The minimum absolute atomic E-state index is 0.0524. The molecule has 0 saturated carbocycles. The van der Waals surface area contributed by atoms with Crippen molar-refractivity contribution in [1.82, 2.24) is 20.1 Å². The molecule has 16 heavy (non-hydrogen) atoms. The number of nitrogens with one attached hydrogen (secondary N) is 1. The number of fused-ring (bicyclic) bond motifs is 1. The maximum atomic E-state index is 11.5. The Morgan fingerprint density at radius 2 is 2.31 bits per heavy atom. The molecule has 5 nitrogen and oxygen atoms in total. The first kappa shape index (κ1) is 9.08. The van der Waals surface area contributed by atoms with Gasteiger partial charge in [-0.25, -0.2) is 9.67 Å². The molecule has 1 amide bonds. The molecule has 1 N–H and O–H groups in total. The minimum atomic E-state index is -0.0524. The summed E-state index contributed by atoms with van der Waals surface area (Å²) < 4.78 is 1.65. The predicted octanol–water partition coefficient (Wildman–Crippen LogP) is 0.553. The molecule has 1 aliphatic heterocycles. The molecule has 0 spiro atoms. The number of carbonyl (C=O) groups is 1. The number of hydrogen-bond acceptors (Lipinski definition) is 3. The van der Waals surface area contributed by atoms with Crippen LogP contribution in [-0.2, 0) is 6.42 Å². The molecule has 0 aliphatic carbocycles. The molecule has 0 aromatic carbocycles. The highest BCUT2D eigenvalue weighted by atomic mass is 16.1. The Morgan fingerprint density at radius 3 is 3.06 bits per heavy atom. The summed E-state index contributed by atoms with van der Waals surface area (Å²) in [5.41, 5.74) is 1.49. The first-order chi connectivity index (χ1) is 7.84. The summed E-state index contributed by atoms with van der Waals surface area (Å²) in [5, 5.41) is 7.16. The van der Waals surface area contributed by atoms with E-state index in [-0.39, 0.29) is 5.91 Å². The van der Waals surface area contributed by atoms with Crippen LogP contribution in [0.3, 0.4) is 0 Å². The van der Waals surface area contributed by atoms with Gasteiger partial charge in [0.1, 0.15) is 0 Å². The zero-order valence-corrected chi connectivity index (χ0v) is 8.55. The zero-order valence-electron chi connectivity index (χ0n) is 8.55. The van der Waals surface area contributed by atoms with E-state index in [4.69, 9.17) is 0 Å². The highest BCUT2D eigenvalue weighted by molar-refractivity contribution is 5.96. The van der Waals surface area contributed by atoms with E-state index < -0.39 is 0 Å². The Balaban J connectivity index is 2.08. The number of rotatable bonds is 1. The summed E-state index contributed by atoms with van der Waals surface area (Å²) >= 11 is 0. The Bertz CT molecular complexity index is 532. The van der Waals surface area contributed by atoms with Crippen molar-refractivity contribution in [1.29, 1.82) is 0 Å². The summed E-state index contributed by atoms with van der Waals surface area (Å²) in [6.45, 7) is 0.658. The lowest BCUT2D eigenvalue weighted by molar-refractivity contribution is 0.0946. The van der Waals surface area contributed by atoms with Gasteiger partial charge in [0.05, 0.1) is 11.3 Å². The summed E-state index contributed by atoms with van der Waals surface area (Å²) in [4.78, 5) is 15.7. The van der Waals surface area contributed by atoms with Gasteiger partial charge in [-0.3, -0.25) is 4.79 Å². The highest BCUT2D eigenvalue weighted by Gasteiger charge is 2.20. The number of carbonyl (C=O) groups excluding carboxylic acids is 1. The molecule has 0 unspecified atom stereocenters. The monoisotopic (exact) mass is 214 g/mol. The summed E-state index contributed by atoms with van der Waals surface area (Å²) in [6, 6.07) is 5.60. The van der Waals surface area contributed by atoms with Crippen LogP contribution in [0.25, 0.3) is 5.82 Å². The maximum absolute atomic E-state index is 11.5. The SMILES string of the molecule is O=C1NCCc2nn(-c3ccccn3)cc21. The average molecular weight is 214 g/mol. The smallest absolute Gasteiger partial charge is 0.254 e. The molecule has 1 aliphatic rings. The normalized spacial score (nSPS) is 14.4. The zero-order chi connectivity index (χ0) is 11.0. The van der Waals surface area contributed by atoms with Gasteiger partial charge in [0.15, 0.2) is 5.82 Å². The predicted molar refractivity (Wildman–Crippen MR) is 57.4 cm³/mol. The van der Waals surface area contributed by atoms with Gasteiger partial charge >= 0.3 is 0 Å². The molecule has 2 aromatic heterocycles. The second-order valence-electron chi connectivity index (χ2n) is 3.63. The van der Waals surface area contributed by atoms with E-state index >= 15 is 0 Å². The van der Waals surface area contributed by atoms with E-state index in [1.807, 2.05) is 18.2 Å². The van der Waals surface area contributed by atoms with Gasteiger partial charge in [0.25, 0.3) is 5.91 Å². The maximum Gasteiger partial charge on any atom is 0.254 e. The van der Waals surface area contributed by atoms with Crippen LogP contribution in [0.4, 0.5) is 0 Å². The fourth-order valence-electron chi connectivity index (χ4n) is 1.78. The highest BCUT2D eigenvalue weighted by Crippen LogP contribution is 2.13. The van der Waals surface area contributed by atoms with Gasteiger partial charge < -0.3 is 5.32 Å². The molecule has 3 rings (SSSR count). The molecule has 2 aromatic rings. The second kappa shape index (κ2) is 3.44. The Morgan fingerprint density at radius 1 is 1.38 bits per heavy atom. The van der Waals surface area contributed by atoms with Crippen molar-refractivity contribution in [3.8, 4) is 5.82 Å². The third-order valence-electron chi connectivity index (χ3n) is 2.57. The van der Waals surface area contributed by atoms with Crippen LogP contribution >= 0.6 is 0 Å². The van der Waals surface area contributed by atoms with Crippen molar-refractivity contribution in [2.24, 2.45) is 0 Å². The van der Waals surface area contributed by atoms with E-state index in [1.165, 1.54) is 0 Å². The molecule has 0 bridgehead atoms. The molecule has 0 radical (unpaired) electrons. The lowest BCUT2D eigenvalue weighted by Crippen LogP contribution is -2.31. The molecule has 3 heterocycles. The third-order valence-corrected chi connectivity index (χ3v) is 2.57. The largest absolute Gasteiger partial charge is 0.352 e. The molecular formula is C11H10N4O. The first-order valence-electron chi connectivity index (χ1n) is 5.13. The fourth-order valence-corrected chi connectivity index (χ4v) is 1.78. The van der Waals surface area contributed by atoms with Crippen molar-refractivity contribution in [2.75, 3.05) is 6.54 Å².